The Morgan fingerprint density at radius 2 is 1.97 bits per heavy atom. The van der Waals surface area contributed by atoms with Gasteiger partial charge >= 0.3 is 17.9 Å². The van der Waals surface area contributed by atoms with Crippen LogP contribution in [-0.2, 0) is 28.6 Å². The Morgan fingerprint density at radius 1 is 1.31 bits per heavy atom. The first kappa shape index (κ1) is 21.0. The largest absolute Gasteiger partial charge is 0.457 e. The highest BCUT2D eigenvalue weighted by molar-refractivity contribution is 5.91. The zero-order chi connectivity index (χ0) is 21.7. The van der Waals surface area contributed by atoms with Gasteiger partial charge in [0.05, 0.1) is 17.4 Å². The molecule has 0 spiro atoms. The van der Waals surface area contributed by atoms with Crippen molar-refractivity contribution in [1.82, 2.24) is 0 Å². The van der Waals surface area contributed by atoms with Crippen molar-refractivity contribution in [3.63, 3.8) is 0 Å². The lowest BCUT2D eigenvalue weighted by atomic mass is 9.78. The number of carbonyl (C=O) groups excluding carboxylic acids is 3. The fourth-order valence-corrected chi connectivity index (χ4v) is 4.34. The minimum absolute atomic E-state index is 0.127. The first-order valence-electron chi connectivity index (χ1n) is 9.52. The molecule has 0 aromatic carbocycles. The van der Waals surface area contributed by atoms with Crippen LogP contribution in [0, 0.1) is 11.8 Å². The van der Waals surface area contributed by atoms with E-state index >= 15 is 0 Å². The lowest BCUT2D eigenvalue weighted by Crippen LogP contribution is -2.46. The van der Waals surface area contributed by atoms with E-state index in [4.69, 9.17) is 14.2 Å². The lowest BCUT2D eigenvalue weighted by Gasteiger charge is -2.34. The molecule has 7 heteroatoms. The number of rotatable bonds is 3. The van der Waals surface area contributed by atoms with Crippen LogP contribution >= 0.6 is 0 Å². The molecule has 0 bridgehead atoms. The van der Waals surface area contributed by atoms with Crippen LogP contribution in [0.15, 0.2) is 47.1 Å². The fourth-order valence-electron chi connectivity index (χ4n) is 4.34. The smallest absolute Gasteiger partial charge is 0.334 e. The van der Waals surface area contributed by atoms with Crippen molar-refractivity contribution < 1.29 is 33.7 Å². The van der Waals surface area contributed by atoms with Crippen molar-refractivity contribution in [2.45, 2.75) is 58.5 Å². The standard InChI is InChI=1S/C22H26O7/c1-7-10(2)20(24)28-17-11(3)14-8-9-22(6,26)16(14)18-15(12(4)21(25)29-18)19(17)27-13(5)23/h7-9,15-19,26H,4H2,1-3,5-6H3/b10-7-/t15-,16-,17+,18-,19+,22-/m0/s1. The fraction of sp³-hybridized carbons (Fsp3) is 0.500. The second-order valence-corrected chi connectivity index (χ2v) is 7.97. The Morgan fingerprint density at radius 3 is 2.55 bits per heavy atom. The maximum absolute atomic E-state index is 12.5. The molecule has 0 radical (unpaired) electrons. The SMILES string of the molecule is C=C1C(=O)O[C@H]2[C@H]1[C@@H](OC(C)=O)[C@H](OC(=O)/C(C)=C\C)C(C)=C1C=C[C@](C)(O)[C@@H]12. The van der Waals surface area contributed by atoms with Crippen LogP contribution in [-0.4, -0.2) is 46.9 Å². The third-order valence-corrected chi connectivity index (χ3v) is 5.98. The zero-order valence-electron chi connectivity index (χ0n) is 17.2. The minimum Gasteiger partial charge on any atom is -0.457 e. The summed E-state index contributed by atoms with van der Waals surface area (Å²) in [4.78, 5) is 36.8. The molecule has 3 rings (SSSR count). The van der Waals surface area contributed by atoms with Crippen LogP contribution in [0.25, 0.3) is 0 Å². The Hall–Kier alpha value is -2.67. The molecule has 1 N–H and O–H groups in total. The van der Waals surface area contributed by atoms with E-state index < -0.39 is 53.7 Å². The van der Waals surface area contributed by atoms with E-state index in [0.29, 0.717) is 16.7 Å². The van der Waals surface area contributed by atoms with Gasteiger partial charge in [0, 0.05) is 18.1 Å². The number of hydrogen-bond acceptors (Lipinski definition) is 7. The average molecular weight is 402 g/mol. The van der Waals surface area contributed by atoms with Gasteiger partial charge < -0.3 is 19.3 Å². The molecule has 7 nitrogen and oxygen atoms in total. The number of carbonyl (C=O) groups is 3. The maximum Gasteiger partial charge on any atom is 0.334 e. The van der Waals surface area contributed by atoms with Gasteiger partial charge in [-0.15, -0.1) is 0 Å². The molecule has 6 atom stereocenters. The summed E-state index contributed by atoms with van der Waals surface area (Å²) in [7, 11) is 0. The molecule has 156 valence electrons. The summed E-state index contributed by atoms with van der Waals surface area (Å²) in [5, 5.41) is 10.9. The van der Waals surface area contributed by atoms with Gasteiger partial charge in [0.15, 0.2) is 12.2 Å². The molecule has 1 aliphatic heterocycles. The van der Waals surface area contributed by atoms with Gasteiger partial charge in [-0.25, -0.2) is 9.59 Å². The van der Waals surface area contributed by atoms with Crippen LogP contribution in [0.5, 0.6) is 0 Å². The summed E-state index contributed by atoms with van der Waals surface area (Å²) in [6.45, 7) is 11.8. The summed E-state index contributed by atoms with van der Waals surface area (Å²) >= 11 is 0. The van der Waals surface area contributed by atoms with Crippen LogP contribution in [0.1, 0.15) is 34.6 Å². The van der Waals surface area contributed by atoms with Crippen LogP contribution in [0.3, 0.4) is 0 Å². The topological polar surface area (TPSA) is 99.1 Å². The van der Waals surface area contributed by atoms with Gasteiger partial charge in [0.2, 0.25) is 0 Å². The normalized spacial score (nSPS) is 36.3. The molecule has 1 heterocycles. The van der Waals surface area contributed by atoms with Crippen molar-refractivity contribution in [1.29, 1.82) is 0 Å². The second kappa shape index (κ2) is 7.30. The van der Waals surface area contributed by atoms with Gasteiger partial charge in [0.1, 0.15) is 6.10 Å². The van der Waals surface area contributed by atoms with Gasteiger partial charge in [-0.3, -0.25) is 4.79 Å². The highest BCUT2D eigenvalue weighted by Crippen LogP contribution is 2.50. The van der Waals surface area contributed by atoms with Crippen molar-refractivity contribution in [3.05, 3.63) is 47.1 Å². The first-order valence-corrected chi connectivity index (χ1v) is 9.52. The van der Waals surface area contributed by atoms with Gasteiger partial charge in [-0.2, -0.15) is 0 Å². The molecule has 29 heavy (non-hydrogen) atoms. The summed E-state index contributed by atoms with van der Waals surface area (Å²) in [6.07, 6.45) is 2.22. The van der Waals surface area contributed by atoms with E-state index in [1.165, 1.54) is 6.92 Å². The van der Waals surface area contributed by atoms with Crippen LogP contribution < -0.4 is 0 Å². The molecule has 2 aliphatic carbocycles. The Balaban J connectivity index is 2.18. The predicted molar refractivity (Wildman–Crippen MR) is 103 cm³/mol. The molecule has 0 amide bonds. The number of allylic oxidation sites excluding steroid dienone is 2. The average Bonchev–Trinajstić information content (AvgIpc) is 3.08. The monoisotopic (exact) mass is 402 g/mol. The molecule has 0 aromatic rings. The van der Waals surface area contributed by atoms with E-state index in [2.05, 4.69) is 6.58 Å². The van der Waals surface area contributed by atoms with Crippen molar-refractivity contribution in [2.24, 2.45) is 11.8 Å². The summed E-state index contributed by atoms with van der Waals surface area (Å²) in [5.41, 5.74) is 0.558. The number of hydrogen-bond donors (Lipinski definition) is 1. The summed E-state index contributed by atoms with van der Waals surface area (Å²) in [5.74, 6) is -3.13. The number of fused-ring (bicyclic) bond motifs is 3. The molecule has 0 saturated carbocycles. The Bertz CT molecular complexity index is 874. The third-order valence-electron chi connectivity index (χ3n) is 5.98. The lowest BCUT2D eigenvalue weighted by molar-refractivity contribution is -0.167. The molecular formula is C22H26O7. The van der Waals surface area contributed by atoms with E-state index in [1.807, 2.05) is 0 Å². The van der Waals surface area contributed by atoms with Crippen molar-refractivity contribution in [3.8, 4) is 0 Å². The maximum atomic E-state index is 12.5. The zero-order valence-corrected chi connectivity index (χ0v) is 17.2. The van der Waals surface area contributed by atoms with Crippen molar-refractivity contribution >= 4 is 17.9 Å². The summed E-state index contributed by atoms with van der Waals surface area (Å²) in [6, 6.07) is 0. The molecule has 1 saturated heterocycles. The number of ether oxygens (including phenoxy) is 3. The van der Waals surface area contributed by atoms with E-state index in [0.717, 1.165) is 0 Å². The van der Waals surface area contributed by atoms with Gasteiger partial charge in [0.25, 0.3) is 0 Å². The van der Waals surface area contributed by atoms with E-state index in [9.17, 15) is 19.5 Å². The predicted octanol–water partition coefficient (Wildman–Crippen LogP) is 2.16. The molecule has 0 unspecified atom stereocenters. The van der Waals surface area contributed by atoms with Gasteiger partial charge in [-0.1, -0.05) is 24.8 Å². The molecule has 3 aliphatic rings. The minimum atomic E-state index is -1.29. The van der Waals surface area contributed by atoms with E-state index in [1.54, 1.807) is 45.9 Å². The highest BCUT2D eigenvalue weighted by atomic mass is 16.6. The van der Waals surface area contributed by atoms with Crippen LogP contribution in [0.4, 0.5) is 0 Å². The van der Waals surface area contributed by atoms with Crippen LogP contribution in [0.2, 0.25) is 0 Å². The Labute approximate surface area is 169 Å². The van der Waals surface area contributed by atoms with E-state index in [-0.39, 0.29) is 5.57 Å². The number of aliphatic hydroxyl groups is 1. The van der Waals surface area contributed by atoms with Crippen molar-refractivity contribution in [2.75, 3.05) is 0 Å². The quantitative estimate of drug-likeness (QED) is 0.439. The summed E-state index contributed by atoms with van der Waals surface area (Å²) < 4.78 is 16.9. The molecular weight excluding hydrogens is 376 g/mol. The molecule has 0 aromatic heterocycles. The Kier molecular flexibility index (Phi) is 5.30. The number of esters is 3. The molecule has 1 fully saturated rings. The first-order chi connectivity index (χ1) is 13.5. The highest BCUT2D eigenvalue weighted by Gasteiger charge is 2.59. The second-order valence-electron chi connectivity index (χ2n) is 7.97. The van der Waals surface area contributed by atoms with Gasteiger partial charge in [-0.05, 0) is 38.8 Å². The third kappa shape index (κ3) is 3.44.